The molecule has 0 spiro atoms. The number of ether oxygens (including phenoxy) is 1. The number of hydrogen-bond acceptors (Lipinski definition) is 6. The first kappa shape index (κ1) is 33.1. The normalized spacial score (nSPS) is 44.6. The van der Waals surface area contributed by atoms with E-state index in [-0.39, 0.29) is 39.6 Å². The lowest BCUT2D eigenvalue weighted by molar-refractivity contribution is -0.238. The van der Waals surface area contributed by atoms with Gasteiger partial charge in [0.25, 0.3) is 0 Å². The molecule has 0 aromatic heterocycles. The number of aliphatic hydroxyl groups excluding tert-OH is 1. The Labute approximate surface area is 274 Å². The molecular weight excluding hydrogens is 580 g/mol. The summed E-state index contributed by atoms with van der Waals surface area (Å²) in [5.41, 5.74) is 0.479. The summed E-state index contributed by atoms with van der Waals surface area (Å²) in [6.45, 7) is 16.1. The Hall–Kier alpha value is -2.80. The standard InChI is InChI=1S/C39H54O7/c1-22-14-17-39(34(44)45)19-18-37(6)25(32(39)23(22)2)10-12-30-36(5)21-28(42)33(35(3,4)29(36)15-16-38(30,37)7)46-31(43)13-9-24-8-11-26(40)27(41)20-24/h8-11,13,20,22-23,28-30,32-33,40-42H,12,14-19,21H2,1-7H3,(H,44,45)/b13-9+/t22-,23+,28-,29?,30-,32+,33+,36+,37-,38-,39+/m1/s1. The van der Waals surface area contributed by atoms with Gasteiger partial charge in [-0.15, -0.1) is 0 Å². The molecule has 6 rings (SSSR count). The molecule has 252 valence electrons. The number of fused-ring (bicyclic) bond motifs is 7. The van der Waals surface area contributed by atoms with Crippen molar-refractivity contribution < 1.29 is 34.8 Å². The molecule has 0 bridgehead atoms. The number of hydrogen-bond donors (Lipinski definition) is 4. The molecule has 7 heteroatoms. The lowest BCUT2D eigenvalue weighted by Crippen LogP contribution is -2.67. The van der Waals surface area contributed by atoms with Crippen LogP contribution in [0.5, 0.6) is 11.5 Å². The van der Waals surface area contributed by atoms with Gasteiger partial charge in [0.15, 0.2) is 11.5 Å². The van der Waals surface area contributed by atoms with Crippen molar-refractivity contribution in [3.05, 3.63) is 41.5 Å². The van der Waals surface area contributed by atoms with E-state index in [0.717, 1.165) is 44.9 Å². The number of phenols is 2. The molecule has 4 N–H and O–H groups in total. The molecule has 46 heavy (non-hydrogen) atoms. The maximum absolute atomic E-state index is 13.0. The summed E-state index contributed by atoms with van der Waals surface area (Å²) < 4.78 is 6.01. The van der Waals surface area contributed by atoms with E-state index in [4.69, 9.17) is 4.74 Å². The molecule has 1 aromatic rings. The third kappa shape index (κ3) is 4.53. The molecule has 7 nitrogen and oxygen atoms in total. The number of rotatable bonds is 4. The zero-order chi connectivity index (χ0) is 33.6. The van der Waals surface area contributed by atoms with Crippen molar-refractivity contribution in [2.24, 2.45) is 56.7 Å². The van der Waals surface area contributed by atoms with Crippen LogP contribution in [-0.2, 0) is 14.3 Å². The molecule has 0 heterocycles. The first-order valence-electron chi connectivity index (χ1n) is 17.4. The second-order valence-electron chi connectivity index (χ2n) is 17.1. The SMILES string of the molecule is C[C@H]1[C@H](C)CC[C@]2(C(=O)O)CC[C@]3(C)C(=CC[C@@H]4[C@@]5(C)C[C@@H](O)[C@H](OC(=O)/C=C/c6ccc(O)c(O)c6)C(C)(C)C5CC[C@]43C)[C@H]12. The minimum Gasteiger partial charge on any atom is -0.504 e. The molecular formula is C39H54O7. The summed E-state index contributed by atoms with van der Waals surface area (Å²) in [5.74, 6) is -0.237. The van der Waals surface area contributed by atoms with E-state index in [1.165, 1.54) is 29.9 Å². The summed E-state index contributed by atoms with van der Waals surface area (Å²) in [6, 6.07) is 4.33. The lowest BCUT2D eigenvalue weighted by Gasteiger charge is -2.71. The molecule has 5 aliphatic carbocycles. The third-order valence-electron chi connectivity index (χ3n) is 15.0. The number of carbonyl (C=O) groups excluding carboxylic acids is 1. The van der Waals surface area contributed by atoms with E-state index in [2.05, 4.69) is 54.5 Å². The number of aliphatic hydroxyl groups is 1. The Bertz CT molecular complexity index is 1480. The number of phenolic OH excluding ortho intramolecular Hbond substituents is 2. The van der Waals surface area contributed by atoms with Crippen LogP contribution < -0.4 is 0 Å². The smallest absolute Gasteiger partial charge is 0.331 e. The number of carbonyl (C=O) groups is 2. The fraction of sp³-hybridized carbons (Fsp3) is 0.692. The van der Waals surface area contributed by atoms with Crippen LogP contribution in [0.25, 0.3) is 6.08 Å². The van der Waals surface area contributed by atoms with Crippen LogP contribution >= 0.6 is 0 Å². The molecule has 4 fully saturated rings. The minimum absolute atomic E-state index is 0.0366. The number of carboxylic acid groups (broad SMARTS) is 1. The number of carboxylic acids is 1. The zero-order valence-corrected chi connectivity index (χ0v) is 28.7. The molecule has 0 radical (unpaired) electrons. The van der Waals surface area contributed by atoms with Crippen molar-refractivity contribution in [1.29, 1.82) is 0 Å². The first-order valence-corrected chi connectivity index (χ1v) is 17.4. The van der Waals surface area contributed by atoms with Crippen molar-refractivity contribution >= 4 is 18.0 Å². The highest BCUT2D eigenvalue weighted by atomic mass is 16.6. The first-order chi connectivity index (χ1) is 21.4. The van der Waals surface area contributed by atoms with Crippen LogP contribution in [0.2, 0.25) is 0 Å². The summed E-state index contributed by atoms with van der Waals surface area (Å²) in [6.07, 6.45) is 10.6. The fourth-order valence-corrected chi connectivity index (χ4v) is 12.2. The Morgan fingerprint density at radius 2 is 1.65 bits per heavy atom. The van der Waals surface area contributed by atoms with Crippen molar-refractivity contribution in [2.75, 3.05) is 0 Å². The largest absolute Gasteiger partial charge is 0.504 e. The number of esters is 1. The van der Waals surface area contributed by atoms with Crippen LogP contribution in [0.4, 0.5) is 0 Å². The van der Waals surface area contributed by atoms with E-state index in [9.17, 15) is 30.0 Å². The number of benzene rings is 1. The molecule has 4 saturated carbocycles. The molecule has 5 aliphatic rings. The molecule has 0 aliphatic heterocycles. The summed E-state index contributed by atoms with van der Waals surface area (Å²) in [4.78, 5) is 26.0. The van der Waals surface area contributed by atoms with Gasteiger partial charge in [0.2, 0.25) is 0 Å². The van der Waals surface area contributed by atoms with Crippen LogP contribution in [0.3, 0.4) is 0 Å². The monoisotopic (exact) mass is 634 g/mol. The maximum Gasteiger partial charge on any atom is 0.331 e. The average molecular weight is 635 g/mol. The van der Waals surface area contributed by atoms with Gasteiger partial charge in [0.1, 0.15) is 6.10 Å². The Morgan fingerprint density at radius 3 is 2.33 bits per heavy atom. The van der Waals surface area contributed by atoms with Gasteiger partial charge < -0.3 is 25.2 Å². The number of allylic oxidation sites excluding steroid dienone is 2. The van der Waals surface area contributed by atoms with Crippen LogP contribution in [0.1, 0.15) is 105 Å². The van der Waals surface area contributed by atoms with Gasteiger partial charge in [-0.2, -0.15) is 0 Å². The molecule has 1 aromatic carbocycles. The van der Waals surface area contributed by atoms with Gasteiger partial charge in [0.05, 0.1) is 11.5 Å². The summed E-state index contributed by atoms with van der Waals surface area (Å²) >= 11 is 0. The van der Waals surface area contributed by atoms with Gasteiger partial charge in [-0.3, -0.25) is 4.79 Å². The summed E-state index contributed by atoms with van der Waals surface area (Å²) in [7, 11) is 0. The van der Waals surface area contributed by atoms with E-state index in [1.54, 1.807) is 6.07 Å². The third-order valence-corrected chi connectivity index (χ3v) is 15.0. The predicted molar refractivity (Wildman–Crippen MR) is 177 cm³/mol. The van der Waals surface area contributed by atoms with Gasteiger partial charge in [0, 0.05) is 11.5 Å². The van der Waals surface area contributed by atoms with Crippen molar-refractivity contribution in [2.45, 2.75) is 112 Å². The van der Waals surface area contributed by atoms with E-state index in [0.29, 0.717) is 29.7 Å². The quantitative estimate of drug-likeness (QED) is 0.116. The maximum atomic E-state index is 13.0. The molecule has 0 saturated heterocycles. The van der Waals surface area contributed by atoms with Crippen LogP contribution in [0, 0.1) is 56.7 Å². The van der Waals surface area contributed by atoms with Crippen LogP contribution in [0.15, 0.2) is 35.9 Å². The van der Waals surface area contributed by atoms with E-state index in [1.807, 2.05) is 0 Å². The van der Waals surface area contributed by atoms with Crippen molar-refractivity contribution in [3.8, 4) is 11.5 Å². The Kier molecular flexibility index (Phi) is 7.82. The Balaban J connectivity index is 1.29. The Morgan fingerprint density at radius 1 is 0.935 bits per heavy atom. The van der Waals surface area contributed by atoms with Crippen molar-refractivity contribution in [1.82, 2.24) is 0 Å². The van der Waals surface area contributed by atoms with Gasteiger partial charge in [-0.05, 0) is 121 Å². The van der Waals surface area contributed by atoms with Gasteiger partial charge in [-0.25, -0.2) is 4.79 Å². The number of aromatic hydroxyl groups is 2. The lowest BCUT2D eigenvalue weighted by atomic mass is 9.33. The van der Waals surface area contributed by atoms with E-state index < -0.39 is 35.0 Å². The number of aliphatic carboxylic acids is 1. The van der Waals surface area contributed by atoms with Crippen LogP contribution in [-0.4, -0.2) is 44.6 Å². The molecule has 1 unspecified atom stereocenters. The topological polar surface area (TPSA) is 124 Å². The minimum atomic E-state index is -0.822. The molecule has 0 amide bonds. The molecule has 11 atom stereocenters. The highest BCUT2D eigenvalue weighted by molar-refractivity contribution is 5.87. The van der Waals surface area contributed by atoms with E-state index >= 15 is 0 Å². The summed E-state index contributed by atoms with van der Waals surface area (Å²) in [5, 5.41) is 41.8. The van der Waals surface area contributed by atoms with Gasteiger partial charge >= 0.3 is 11.9 Å². The zero-order valence-electron chi connectivity index (χ0n) is 28.7. The predicted octanol–water partition coefficient (Wildman–Crippen LogP) is 7.74. The highest BCUT2D eigenvalue weighted by Gasteiger charge is 2.70. The second kappa shape index (κ2) is 10.9. The fourth-order valence-electron chi connectivity index (χ4n) is 12.2. The van der Waals surface area contributed by atoms with Crippen molar-refractivity contribution in [3.63, 3.8) is 0 Å². The second-order valence-corrected chi connectivity index (χ2v) is 17.1. The average Bonchev–Trinajstić information content (AvgIpc) is 2.97. The van der Waals surface area contributed by atoms with Gasteiger partial charge in [-0.1, -0.05) is 66.2 Å². The highest BCUT2D eigenvalue weighted by Crippen LogP contribution is 2.75.